The number of carbonyl (C=O) groups excluding carboxylic acids is 1. The number of hydrogen-bond acceptors (Lipinski definition) is 5. The van der Waals surface area contributed by atoms with E-state index in [0.29, 0.717) is 5.69 Å². The third-order valence-corrected chi connectivity index (χ3v) is 2.44. The summed E-state index contributed by atoms with van der Waals surface area (Å²) in [4.78, 5) is 19.4. The van der Waals surface area contributed by atoms with E-state index in [-0.39, 0.29) is 11.7 Å². The van der Waals surface area contributed by atoms with Crippen molar-refractivity contribution in [3.63, 3.8) is 0 Å². The molecule has 8 heteroatoms. The second-order valence-corrected chi connectivity index (χ2v) is 3.68. The first-order chi connectivity index (χ1) is 9.33. The number of amides is 1. The molecule has 0 saturated carbocycles. The van der Waals surface area contributed by atoms with E-state index in [1.165, 1.54) is 12.7 Å². The molecule has 0 aliphatic rings. The topological polar surface area (TPSA) is 101 Å². The standard InChI is InChI=1S/C11H9N7O/c19-11(10-13-6-14-17-10)16-8-1-3-9(4-2-8)18-7-12-5-15-18/h1-7H,(H,16,19)(H,13,14,17). The zero-order chi connectivity index (χ0) is 13.1. The molecule has 2 heterocycles. The maximum atomic E-state index is 11.7. The molecule has 2 N–H and O–H groups in total. The van der Waals surface area contributed by atoms with Crippen LogP contribution >= 0.6 is 0 Å². The number of nitrogens with one attached hydrogen (secondary N) is 2. The molecule has 8 nitrogen and oxygen atoms in total. The molecule has 19 heavy (non-hydrogen) atoms. The van der Waals surface area contributed by atoms with Gasteiger partial charge in [0.25, 0.3) is 5.91 Å². The van der Waals surface area contributed by atoms with Crippen molar-refractivity contribution in [3.05, 3.63) is 49.1 Å². The third kappa shape index (κ3) is 2.32. The lowest BCUT2D eigenvalue weighted by Crippen LogP contribution is -2.13. The van der Waals surface area contributed by atoms with Crippen LogP contribution < -0.4 is 5.32 Å². The van der Waals surface area contributed by atoms with Crippen LogP contribution in [0.1, 0.15) is 10.6 Å². The summed E-state index contributed by atoms with van der Waals surface area (Å²) in [6.45, 7) is 0. The average molecular weight is 255 g/mol. The van der Waals surface area contributed by atoms with Gasteiger partial charge in [-0.25, -0.2) is 14.6 Å². The van der Waals surface area contributed by atoms with E-state index in [4.69, 9.17) is 0 Å². The predicted octanol–water partition coefficient (Wildman–Crippen LogP) is 0.638. The van der Waals surface area contributed by atoms with Crippen LogP contribution in [0.2, 0.25) is 0 Å². The predicted molar refractivity (Wildman–Crippen MR) is 65.7 cm³/mol. The van der Waals surface area contributed by atoms with E-state index < -0.39 is 0 Å². The Kier molecular flexibility index (Phi) is 2.73. The Hall–Kier alpha value is -3.03. The van der Waals surface area contributed by atoms with Gasteiger partial charge in [-0.05, 0) is 24.3 Å². The van der Waals surface area contributed by atoms with Gasteiger partial charge in [-0.2, -0.15) is 10.2 Å². The molecule has 0 aliphatic carbocycles. The lowest BCUT2D eigenvalue weighted by Gasteiger charge is -2.04. The molecule has 3 rings (SSSR count). The Morgan fingerprint density at radius 1 is 1.21 bits per heavy atom. The van der Waals surface area contributed by atoms with Gasteiger partial charge in [0.05, 0.1) is 5.69 Å². The lowest BCUT2D eigenvalue weighted by atomic mass is 10.3. The van der Waals surface area contributed by atoms with Crippen LogP contribution in [0.4, 0.5) is 5.69 Å². The maximum absolute atomic E-state index is 11.7. The zero-order valence-electron chi connectivity index (χ0n) is 9.69. The Morgan fingerprint density at radius 3 is 2.68 bits per heavy atom. The number of aromatic amines is 1. The summed E-state index contributed by atoms with van der Waals surface area (Å²) < 4.78 is 1.63. The van der Waals surface area contributed by atoms with Gasteiger partial charge in [0.1, 0.15) is 19.0 Å². The van der Waals surface area contributed by atoms with Crippen molar-refractivity contribution in [2.24, 2.45) is 0 Å². The van der Waals surface area contributed by atoms with Gasteiger partial charge in [0, 0.05) is 5.69 Å². The smallest absolute Gasteiger partial charge is 0.292 e. The van der Waals surface area contributed by atoms with Crippen LogP contribution in [0.25, 0.3) is 5.69 Å². The molecule has 0 radical (unpaired) electrons. The minimum Gasteiger partial charge on any atom is -0.319 e. The van der Waals surface area contributed by atoms with Crippen molar-refractivity contribution in [1.29, 1.82) is 0 Å². The number of anilines is 1. The van der Waals surface area contributed by atoms with Crippen LogP contribution in [0.3, 0.4) is 0 Å². The molecular formula is C11H9N7O. The second-order valence-electron chi connectivity index (χ2n) is 3.68. The first kappa shape index (κ1) is 11.1. The minimum absolute atomic E-state index is 0.167. The number of aromatic nitrogens is 6. The number of nitrogens with zero attached hydrogens (tertiary/aromatic N) is 5. The van der Waals surface area contributed by atoms with Crippen molar-refractivity contribution in [2.75, 3.05) is 5.32 Å². The summed E-state index contributed by atoms with van der Waals surface area (Å²) in [5, 5.41) is 12.8. The number of hydrogen-bond donors (Lipinski definition) is 2. The molecule has 0 atom stereocenters. The van der Waals surface area contributed by atoms with E-state index in [0.717, 1.165) is 5.69 Å². The molecule has 3 aromatic rings. The van der Waals surface area contributed by atoms with Gasteiger partial charge in [0.2, 0.25) is 5.82 Å². The SMILES string of the molecule is O=C(Nc1ccc(-n2cncn2)cc1)c1ncn[nH]1. The number of benzene rings is 1. The van der Waals surface area contributed by atoms with Gasteiger partial charge in [-0.3, -0.25) is 9.89 Å². The number of rotatable bonds is 3. The van der Waals surface area contributed by atoms with Crippen molar-refractivity contribution in [1.82, 2.24) is 29.9 Å². The summed E-state index contributed by atoms with van der Waals surface area (Å²) in [5.74, 6) is -0.175. The highest BCUT2D eigenvalue weighted by molar-refractivity contribution is 6.01. The highest BCUT2D eigenvalue weighted by atomic mass is 16.2. The fourth-order valence-electron chi connectivity index (χ4n) is 1.54. The van der Waals surface area contributed by atoms with E-state index in [9.17, 15) is 4.79 Å². The van der Waals surface area contributed by atoms with E-state index >= 15 is 0 Å². The monoisotopic (exact) mass is 255 g/mol. The number of H-pyrrole nitrogens is 1. The van der Waals surface area contributed by atoms with Crippen molar-refractivity contribution < 1.29 is 4.79 Å². The summed E-state index contributed by atoms with van der Waals surface area (Å²) in [6.07, 6.45) is 4.34. The maximum Gasteiger partial charge on any atom is 0.292 e. The van der Waals surface area contributed by atoms with Crippen LogP contribution in [-0.4, -0.2) is 35.9 Å². The molecular weight excluding hydrogens is 246 g/mol. The van der Waals surface area contributed by atoms with E-state index in [2.05, 4.69) is 30.6 Å². The first-order valence-electron chi connectivity index (χ1n) is 5.45. The average Bonchev–Trinajstić information content (AvgIpc) is 3.13. The quantitative estimate of drug-likeness (QED) is 0.715. The van der Waals surface area contributed by atoms with Crippen LogP contribution in [0.15, 0.2) is 43.2 Å². The third-order valence-electron chi connectivity index (χ3n) is 2.44. The van der Waals surface area contributed by atoms with Gasteiger partial charge >= 0.3 is 0 Å². The van der Waals surface area contributed by atoms with E-state index in [1.54, 1.807) is 23.1 Å². The molecule has 0 fully saturated rings. The fourth-order valence-corrected chi connectivity index (χ4v) is 1.54. The highest BCUT2D eigenvalue weighted by Crippen LogP contribution is 2.12. The van der Waals surface area contributed by atoms with Crippen molar-refractivity contribution in [3.8, 4) is 5.69 Å². The Labute approximate surface area is 107 Å². The van der Waals surface area contributed by atoms with Gasteiger partial charge in [0.15, 0.2) is 0 Å². The summed E-state index contributed by atoms with van der Waals surface area (Å²) in [7, 11) is 0. The van der Waals surface area contributed by atoms with Gasteiger partial charge in [-0.15, -0.1) is 0 Å². The lowest BCUT2D eigenvalue weighted by molar-refractivity contribution is 0.101. The second kappa shape index (κ2) is 4.69. The number of carbonyl (C=O) groups is 1. The van der Waals surface area contributed by atoms with Crippen LogP contribution in [-0.2, 0) is 0 Å². The van der Waals surface area contributed by atoms with Crippen LogP contribution in [0.5, 0.6) is 0 Å². The molecule has 1 aromatic carbocycles. The summed E-state index contributed by atoms with van der Waals surface area (Å²) >= 11 is 0. The zero-order valence-corrected chi connectivity index (χ0v) is 9.69. The molecule has 0 spiro atoms. The minimum atomic E-state index is -0.342. The van der Waals surface area contributed by atoms with Gasteiger partial charge < -0.3 is 5.32 Å². The normalized spacial score (nSPS) is 10.3. The Bertz CT molecular complexity index is 658. The Morgan fingerprint density at radius 2 is 2.05 bits per heavy atom. The molecule has 0 aliphatic heterocycles. The molecule has 0 bridgehead atoms. The largest absolute Gasteiger partial charge is 0.319 e. The molecule has 0 saturated heterocycles. The van der Waals surface area contributed by atoms with Crippen LogP contribution in [0, 0.1) is 0 Å². The molecule has 1 amide bonds. The Balaban J connectivity index is 1.75. The molecule has 94 valence electrons. The van der Waals surface area contributed by atoms with E-state index in [1.807, 2.05) is 12.1 Å². The van der Waals surface area contributed by atoms with Crippen molar-refractivity contribution in [2.45, 2.75) is 0 Å². The summed E-state index contributed by atoms with van der Waals surface area (Å²) in [6, 6.07) is 7.19. The molecule has 0 unspecified atom stereocenters. The first-order valence-corrected chi connectivity index (χ1v) is 5.45. The highest BCUT2D eigenvalue weighted by Gasteiger charge is 2.08. The van der Waals surface area contributed by atoms with Gasteiger partial charge in [-0.1, -0.05) is 0 Å². The molecule has 2 aromatic heterocycles. The fraction of sp³-hybridized carbons (Fsp3) is 0. The summed E-state index contributed by atoms with van der Waals surface area (Å²) in [5.41, 5.74) is 1.51. The van der Waals surface area contributed by atoms with Crippen molar-refractivity contribution >= 4 is 11.6 Å².